The molecule has 1 rings (SSSR count). The van der Waals surface area contributed by atoms with E-state index in [1.165, 1.54) is 32.1 Å². The maximum Gasteiger partial charge on any atom is 0.335 e. The molecular weight excluding hydrogens is 364 g/mol. The van der Waals surface area contributed by atoms with Crippen molar-refractivity contribution in [2.45, 2.75) is 64.7 Å². The Balaban J connectivity index is 1.91. The van der Waals surface area contributed by atoms with Crippen molar-refractivity contribution in [3.8, 4) is 0 Å². The number of unbranched alkanes of at least 4 members (excludes halogenated alkanes) is 8. The van der Waals surface area contributed by atoms with Gasteiger partial charge in [0.05, 0.1) is 11.3 Å². The van der Waals surface area contributed by atoms with E-state index in [2.05, 4.69) is 10.0 Å². The topological polar surface area (TPSA) is 95.5 Å². The highest BCUT2D eigenvalue weighted by molar-refractivity contribution is 7.89. The molecule has 0 atom stereocenters. The molecule has 3 N–H and O–H groups in total. The summed E-state index contributed by atoms with van der Waals surface area (Å²) in [5, 5.41) is 12.2. The summed E-state index contributed by atoms with van der Waals surface area (Å²) in [6, 6.07) is 6.82. The summed E-state index contributed by atoms with van der Waals surface area (Å²) in [6.45, 7) is 3.16. The second-order valence-corrected chi connectivity index (χ2v) is 8.73. The summed E-state index contributed by atoms with van der Waals surface area (Å²) in [6.07, 6.45) is 9.94. The van der Waals surface area contributed by atoms with Crippen molar-refractivity contribution in [1.82, 2.24) is 4.72 Å². The van der Waals surface area contributed by atoms with Crippen LogP contribution < -0.4 is 10.0 Å². The number of sulfonamides is 1. The van der Waals surface area contributed by atoms with Crippen molar-refractivity contribution in [3.63, 3.8) is 0 Å². The molecule has 0 aromatic heterocycles. The SMILES string of the molecule is CCNS(=O)(=O)CCCCCCCCCCCNc1ccc(C(=O)O)cc1. The third-order valence-electron chi connectivity index (χ3n) is 4.42. The number of nitrogens with one attached hydrogen (secondary N) is 2. The van der Waals surface area contributed by atoms with Gasteiger partial charge in [-0.25, -0.2) is 17.9 Å². The fourth-order valence-electron chi connectivity index (χ4n) is 2.91. The molecule has 0 amide bonds. The number of hydrogen-bond donors (Lipinski definition) is 3. The molecular formula is C20H34N2O4S. The summed E-state index contributed by atoms with van der Waals surface area (Å²) in [5.74, 6) is -0.660. The highest BCUT2D eigenvalue weighted by Crippen LogP contribution is 2.12. The molecule has 0 aliphatic rings. The van der Waals surface area contributed by atoms with Crippen molar-refractivity contribution in [3.05, 3.63) is 29.8 Å². The predicted octanol–water partition coefficient (Wildman–Crippen LogP) is 4.25. The molecule has 0 spiro atoms. The molecule has 0 saturated heterocycles. The third kappa shape index (κ3) is 11.7. The average Bonchev–Trinajstić information content (AvgIpc) is 2.63. The number of aromatic carboxylic acids is 1. The van der Waals surface area contributed by atoms with Crippen LogP contribution in [0.1, 0.15) is 75.1 Å². The monoisotopic (exact) mass is 398 g/mol. The Morgan fingerprint density at radius 3 is 1.93 bits per heavy atom. The number of carboxylic acids is 1. The van der Waals surface area contributed by atoms with Crippen LogP contribution in [0, 0.1) is 0 Å². The Kier molecular flexibility index (Phi) is 11.8. The van der Waals surface area contributed by atoms with Gasteiger partial charge in [-0.05, 0) is 37.1 Å². The van der Waals surface area contributed by atoms with Gasteiger partial charge in [0.2, 0.25) is 10.0 Å². The van der Waals surface area contributed by atoms with E-state index in [4.69, 9.17) is 5.11 Å². The van der Waals surface area contributed by atoms with E-state index < -0.39 is 16.0 Å². The number of hydrogen-bond acceptors (Lipinski definition) is 4. The number of benzene rings is 1. The van der Waals surface area contributed by atoms with E-state index in [1.807, 2.05) is 0 Å². The lowest BCUT2D eigenvalue weighted by Crippen LogP contribution is -2.25. The zero-order valence-electron chi connectivity index (χ0n) is 16.4. The summed E-state index contributed by atoms with van der Waals surface area (Å²) in [7, 11) is -3.05. The standard InChI is InChI=1S/C20H34N2O4S/c1-2-22-27(25,26)17-11-9-7-5-3-4-6-8-10-16-21-19-14-12-18(13-15-19)20(23)24/h12-15,21-22H,2-11,16-17H2,1H3,(H,23,24). The molecule has 1 aromatic carbocycles. The van der Waals surface area contributed by atoms with Crippen LogP contribution in [-0.2, 0) is 10.0 Å². The lowest BCUT2D eigenvalue weighted by Gasteiger charge is -2.07. The van der Waals surface area contributed by atoms with Gasteiger partial charge in [-0.15, -0.1) is 0 Å². The Hall–Kier alpha value is -1.60. The van der Waals surface area contributed by atoms with Gasteiger partial charge in [-0.1, -0.05) is 51.9 Å². The second kappa shape index (κ2) is 13.6. The molecule has 6 nitrogen and oxygen atoms in total. The lowest BCUT2D eigenvalue weighted by molar-refractivity contribution is 0.0697. The lowest BCUT2D eigenvalue weighted by atomic mass is 10.1. The first-order chi connectivity index (χ1) is 12.9. The Labute approximate surface area is 163 Å². The smallest absolute Gasteiger partial charge is 0.335 e. The highest BCUT2D eigenvalue weighted by atomic mass is 32.2. The van der Waals surface area contributed by atoms with Crippen molar-refractivity contribution in [2.24, 2.45) is 0 Å². The van der Waals surface area contributed by atoms with Gasteiger partial charge in [0.15, 0.2) is 0 Å². The van der Waals surface area contributed by atoms with E-state index in [0.29, 0.717) is 12.1 Å². The van der Waals surface area contributed by atoms with E-state index >= 15 is 0 Å². The second-order valence-electron chi connectivity index (χ2n) is 6.81. The molecule has 0 bridgehead atoms. The van der Waals surface area contributed by atoms with Crippen LogP contribution in [0.25, 0.3) is 0 Å². The van der Waals surface area contributed by atoms with Crippen LogP contribution in [0.5, 0.6) is 0 Å². The van der Waals surface area contributed by atoms with E-state index in [9.17, 15) is 13.2 Å². The van der Waals surface area contributed by atoms with Gasteiger partial charge >= 0.3 is 5.97 Å². The summed E-state index contributed by atoms with van der Waals surface area (Å²) < 4.78 is 25.5. The maximum atomic E-state index is 11.5. The number of anilines is 1. The zero-order valence-corrected chi connectivity index (χ0v) is 17.2. The minimum Gasteiger partial charge on any atom is -0.478 e. The molecule has 0 unspecified atom stereocenters. The molecule has 0 aliphatic heterocycles. The highest BCUT2D eigenvalue weighted by Gasteiger charge is 2.07. The summed E-state index contributed by atoms with van der Waals surface area (Å²) >= 11 is 0. The van der Waals surface area contributed by atoms with Crippen molar-refractivity contribution in [1.29, 1.82) is 0 Å². The average molecular weight is 399 g/mol. The van der Waals surface area contributed by atoms with E-state index in [-0.39, 0.29) is 5.75 Å². The minimum atomic E-state index is -3.05. The maximum absolute atomic E-state index is 11.5. The van der Waals surface area contributed by atoms with Gasteiger partial charge in [-0.2, -0.15) is 0 Å². The van der Waals surface area contributed by atoms with Gasteiger partial charge in [-0.3, -0.25) is 0 Å². The Bertz CT molecular complexity index is 630. The molecule has 0 radical (unpaired) electrons. The largest absolute Gasteiger partial charge is 0.478 e. The van der Waals surface area contributed by atoms with Crippen LogP contribution in [0.2, 0.25) is 0 Å². The van der Waals surface area contributed by atoms with Crippen molar-refractivity contribution in [2.75, 3.05) is 24.2 Å². The fraction of sp³-hybridized carbons (Fsp3) is 0.650. The molecule has 0 heterocycles. The molecule has 154 valence electrons. The van der Waals surface area contributed by atoms with Crippen LogP contribution in [0.3, 0.4) is 0 Å². The molecule has 0 fully saturated rings. The van der Waals surface area contributed by atoms with Crippen LogP contribution in [-0.4, -0.2) is 38.3 Å². The van der Waals surface area contributed by atoms with Gasteiger partial charge < -0.3 is 10.4 Å². The summed E-state index contributed by atoms with van der Waals surface area (Å²) in [4.78, 5) is 10.8. The number of rotatable bonds is 16. The van der Waals surface area contributed by atoms with Gasteiger partial charge in [0, 0.05) is 18.8 Å². The molecule has 1 aromatic rings. The normalized spacial score (nSPS) is 11.4. The number of carbonyl (C=O) groups is 1. The molecule has 7 heteroatoms. The third-order valence-corrected chi connectivity index (χ3v) is 5.97. The molecule has 0 aliphatic carbocycles. The van der Waals surface area contributed by atoms with Crippen molar-refractivity contribution < 1.29 is 18.3 Å². The van der Waals surface area contributed by atoms with Crippen molar-refractivity contribution >= 4 is 21.7 Å². The van der Waals surface area contributed by atoms with Gasteiger partial charge in [0.25, 0.3) is 0 Å². The Morgan fingerprint density at radius 2 is 1.41 bits per heavy atom. The predicted molar refractivity (Wildman–Crippen MR) is 111 cm³/mol. The molecule has 27 heavy (non-hydrogen) atoms. The van der Waals surface area contributed by atoms with Crippen LogP contribution in [0.4, 0.5) is 5.69 Å². The quantitative estimate of drug-likeness (QED) is 0.362. The zero-order chi connectivity index (χ0) is 20.0. The van der Waals surface area contributed by atoms with Crippen LogP contribution in [0.15, 0.2) is 24.3 Å². The van der Waals surface area contributed by atoms with Gasteiger partial charge in [0.1, 0.15) is 0 Å². The van der Waals surface area contributed by atoms with E-state index in [0.717, 1.165) is 37.9 Å². The molecule has 0 saturated carbocycles. The number of carboxylic acid groups (broad SMARTS) is 1. The fourth-order valence-corrected chi connectivity index (χ4v) is 4.08. The first-order valence-corrected chi connectivity index (χ1v) is 11.6. The summed E-state index contributed by atoms with van der Waals surface area (Å²) in [5.41, 5.74) is 1.26. The van der Waals surface area contributed by atoms with Crippen LogP contribution >= 0.6 is 0 Å². The Morgan fingerprint density at radius 1 is 0.889 bits per heavy atom. The first kappa shape index (κ1) is 23.4. The van der Waals surface area contributed by atoms with E-state index in [1.54, 1.807) is 31.2 Å². The first-order valence-electron chi connectivity index (χ1n) is 9.99. The minimum absolute atomic E-state index is 0.243.